The number of allylic oxidation sites excluding steroid dienone is 1. The van der Waals surface area contributed by atoms with Gasteiger partial charge in [0.15, 0.2) is 0 Å². The average molecular weight is 1320 g/mol. The van der Waals surface area contributed by atoms with Crippen molar-refractivity contribution in [2.24, 2.45) is 23.5 Å². The van der Waals surface area contributed by atoms with Crippen LogP contribution < -0.4 is 58.9 Å². The van der Waals surface area contributed by atoms with Crippen molar-refractivity contribution in [2.45, 2.75) is 224 Å². The summed E-state index contributed by atoms with van der Waals surface area (Å²) in [4.78, 5) is 219. The molecule has 33 heteroatoms. The summed E-state index contributed by atoms with van der Waals surface area (Å²) in [5.74, 6) is -21.8. The molecule has 0 aromatic carbocycles. The van der Waals surface area contributed by atoms with Crippen molar-refractivity contribution < 1.29 is 97.1 Å². The van der Waals surface area contributed by atoms with Crippen molar-refractivity contribution in [1.82, 2.24) is 63.0 Å². The van der Waals surface area contributed by atoms with Gasteiger partial charge in [0.25, 0.3) is 0 Å². The number of hydrogen-bond acceptors (Lipinski definition) is 17. The lowest BCUT2D eigenvalue weighted by Crippen LogP contribution is -2.66. The van der Waals surface area contributed by atoms with E-state index in [0.29, 0.717) is 12.3 Å². The molecule has 0 aromatic heterocycles. The number of amides is 12. The summed E-state index contributed by atoms with van der Waals surface area (Å²) in [5, 5.41) is 62.3. The van der Waals surface area contributed by atoms with Gasteiger partial charge in [-0.3, -0.25) is 76.7 Å². The van der Waals surface area contributed by atoms with Gasteiger partial charge in [0.1, 0.15) is 54.4 Å². The molecule has 0 saturated carbocycles. The van der Waals surface area contributed by atoms with E-state index in [4.69, 9.17) is 5.73 Å². The Bertz CT molecular complexity index is 2740. The molecule has 0 aromatic rings. The zero-order valence-corrected chi connectivity index (χ0v) is 53.9. The number of unbranched alkanes of at least 4 members (excludes halogenated alkanes) is 5. The topological polar surface area (TPSA) is 507 Å². The summed E-state index contributed by atoms with van der Waals surface area (Å²) in [6.45, 7) is 8.75. The van der Waals surface area contributed by atoms with Gasteiger partial charge in [0.05, 0.1) is 44.3 Å². The lowest BCUT2D eigenvalue weighted by atomic mass is 9.96. The van der Waals surface area contributed by atoms with Crippen LogP contribution in [0.15, 0.2) is 12.2 Å². The van der Waals surface area contributed by atoms with Crippen molar-refractivity contribution in [2.75, 3.05) is 26.2 Å². The second-order valence-electron chi connectivity index (χ2n) is 24.3. The number of hydrogen-bond donors (Lipinski definition) is 15. The molecule has 12 amide bonds. The summed E-state index contributed by atoms with van der Waals surface area (Å²) >= 11 is 0. The number of nitrogens with zero attached hydrogens (tertiary/aromatic N) is 2. The molecule has 13 unspecified atom stereocenters. The Balaban J connectivity index is 2.14. The first-order chi connectivity index (χ1) is 43.8. The number of fused-ring (bicyclic) bond motifs is 2. The van der Waals surface area contributed by atoms with E-state index < -0.39 is 205 Å². The first-order valence-corrected chi connectivity index (χ1v) is 31.6. The van der Waals surface area contributed by atoms with Crippen LogP contribution in [0.2, 0.25) is 0 Å². The Kier molecular flexibility index (Phi) is 32.8. The summed E-state index contributed by atoms with van der Waals surface area (Å²) in [6.07, 6.45) is 8.40. The maximum Gasteiger partial charge on any atom is 0.308 e. The number of piperidine rings is 1. The van der Waals surface area contributed by atoms with E-state index >= 15 is 4.79 Å². The molecule has 16 N–H and O–H groups in total. The second kappa shape index (κ2) is 38.9. The van der Waals surface area contributed by atoms with Gasteiger partial charge in [-0.25, -0.2) is 0 Å². The Morgan fingerprint density at radius 3 is 1.69 bits per heavy atom. The van der Waals surface area contributed by atoms with E-state index in [1.165, 1.54) is 25.2 Å². The van der Waals surface area contributed by atoms with E-state index in [-0.39, 0.29) is 51.6 Å². The second-order valence-corrected chi connectivity index (χ2v) is 24.3. The van der Waals surface area contributed by atoms with E-state index in [1.807, 2.05) is 10.6 Å². The third-order valence-corrected chi connectivity index (χ3v) is 16.3. The highest BCUT2D eigenvalue weighted by Gasteiger charge is 2.45. The molecule has 3 rings (SSSR count). The molecule has 3 aliphatic rings. The molecule has 0 spiro atoms. The van der Waals surface area contributed by atoms with E-state index in [0.717, 1.165) is 50.3 Å². The van der Waals surface area contributed by atoms with Gasteiger partial charge in [0, 0.05) is 25.6 Å². The molecule has 13 atom stereocenters. The summed E-state index contributed by atoms with van der Waals surface area (Å²) < 4.78 is 0. The maximum atomic E-state index is 15.2. The van der Waals surface area contributed by atoms with Crippen molar-refractivity contribution >= 4 is 94.8 Å². The fourth-order valence-corrected chi connectivity index (χ4v) is 10.7. The molecular weight excluding hydrogens is 1220 g/mol. The van der Waals surface area contributed by atoms with Gasteiger partial charge in [-0.2, -0.15) is 0 Å². The molecule has 3 fully saturated rings. The fourth-order valence-electron chi connectivity index (χ4n) is 10.7. The van der Waals surface area contributed by atoms with Crippen molar-refractivity contribution in [3.63, 3.8) is 0 Å². The monoisotopic (exact) mass is 1320 g/mol. The fraction of sp³-hybridized carbons (Fsp3) is 0.700. The molecule has 33 nitrogen and oxygen atoms in total. The molecule has 0 aliphatic carbocycles. The van der Waals surface area contributed by atoms with Gasteiger partial charge < -0.3 is 89.1 Å². The highest BCUT2D eigenvalue weighted by Crippen LogP contribution is 2.24. The number of carboxylic acids is 4. The van der Waals surface area contributed by atoms with Crippen LogP contribution in [0, 0.1) is 17.8 Å². The predicted octanol–water partition coefficient (Wildman–Crippen LogP) is -2.63. The number of aliphatic carboxylic acids is 4. The smallest absolute Gasteiger partial charge is 0.308 e. The summed E-state index contributed by atoms with van der Waals surface area (Å²) in [5.41, 5.74) is 6.12. The largest absolute Gasteiger partial charge is 0.481 e. The third kappa shape index (κ3) is 26.0. The first kappa shape index (κ1) is 78.5. The number of nitrogens with one attached hydrogen (secondary N) is 10. The van der Waals surface area contributed by atoms with Gasteiger partial charge in [-0.15, -0.1) is 0 Å². The summed E-state index contributed by atoms with van der Waals surface area (Å²) in [7, 11) is 0. The van der Waals surface area contributed by atoms with Gasteiger partial charge >= 0.3 is 23.9 Å². The minimum atomic E-state index is -2.15. The maximum absolute atomic E-state index is 15.2. The number of carbonyl (C=O) groups excluding carboxylic acids is 12. The molecule has 3 heterocycles. The number of nitrogens with two attached hydrogens (primary N) is 1. The molecule has 0 radical (unpaired) electrons. The van der Waals surface area contributed by atoms with Crippen LogP contribution in [0.4, 0.5) is 0 Å². The lowest BCUT2D eigenvalue weighted by Gasteiger charge is -2.39. The number of carboxylic acid groups (broad SMARTS) is 4. The van der Waals surface area contributed by atoms with Crippen LogP contribution in [0.25, 0.3) is 0 Å². The first-order valence-electron chi connectivity index (χ1n) is 31.6. The van der Waals surface area contributed by atoms with Crippen LogP contribution in [0.1, 0.15) is 158 Å². The van der Waals surface area contributed by atoms with Crippen LogP contribution in [-0.4, -0.2) is 218 Å². The molecule has 3 saturated heterocycles. The normalized spacial score (nSPS) is 25.3. The Hall–Kier alpha value is -8.78. The van der Waals surface area contributed by atoms with E-state index in [9.17, 15) is 92.3 Å². The van der Waals surface area contributed by atoms with Crippen LogP contribution in [0.3, 0.4) is 0 Å². The number of rotatable bonds is 24. The van der Waals surface area contributed by atoms with Crippen molar-refractivity contribution in [3.05, 3.63) is 12.2 Å². The van der Waals surface area contributed by atoms with Crippen LogP contribution in [0.5, 0.6) is 0 Å². The highest BCUT2D eigenvalue weighted by molar-refractivity contribution is 6.01. The molecule has 3 aliphatic heterocycles. The number of carbonyl (C=O) groups is 16. The van der Waals surface area contributed by atoms with Crippen LogP contribution in [-0.2, 0) is 76.7 Å². The van der Waals surface area contributed by atoms with E-state index in [2.05, 4.69) is 56.4 Å². The molecular formula is C60H95N13O20. The zero-order valence-electron chi connectivity index (χ0n) is 53.9. The van der Waals surface area contributed by atoms with Gasteiger partial charge in [0.2, 0.25) is 70.9 Å². The average Bonchev–Trinajstić information content (AvgIpc) is 1.81. The summed E-state index contributed by atoms with van der Waals surface area (Å²) in [6, 6.07) is -18.5. The van der Waals surface area contributed by atoms with Crippen molar-refractivity contribution in [3.8, 4) is 0 Å². The minimum absolute atomic E-state index is 0.0224. The van der Waals surface area contributed by atoms with E-state index in [1.54, 1.807) is 26.0 Å². The molecule has 520 valence electrons. The molecule has 0 bridgehead atoms. The molecule has 93 heavy (non-hydrogen) atoms. The minimum Gasteiger partial charge on any atom is -0.481 e. The quantitative estimate of drug-likeness (QED) is 0.0347. The Morgan fingerprint density at radius 2 is 1.12 bits per heavy atom. The SMILES string of the molecule is CCC(C)CCCCCCC/C=C\CC(=O)NC(CC(=O)O)C(=O)NC1C(=O)N2CCCCC2C(=O)NC(C(C)C(=O)O)C(=O)NC(CC(=O)O)C(=O)NCC(=O)NC(CC(=O)O)C(=O)NCC(=O)NC(C(C)N)C(=O)NC(C(C)C)C(=O)N2CCCC2C(=O)NC1C. The third-order valence-electron chi connectivity index (χ3n) is 16.3. The predicted molar refractivity (Wildman–Crippen MR) is 329 cm³/mol. The Labute approximate surface area is 539 Å². The van der Waals surface area contributed by atoms with Crippen LogP contribution >= 0.6 is 0 Å². The van der Waals surface area contributed by atoms with Crippen molar-refractivity contribution in [1.29, 1.82) is 0 Å². The standard InChI is InChI=1S/C60H95N13O20/c1-8-32(4)20-15-13-11-9-10-12-14-16-23-41(74)65-38(28-46(81)82)53(85)71-50-35(7)64-54(86)40-22-19-25-73(40)58(90)47(31(2)3)69-57(89)49(34(6)61)68-43(76)30-63-51(83)36(26-44(77)78)66-42(75)29-62-52(84)37(27-45(79)80)67-56(88)48(33(5)60(92)93)70-55(87)39-21-17-18-24-72(39)59(50)91/h14,16,31-40,47-50H,8-13,15,17-30,61H2,1-7H3,(H,62,84)(H,63,83)(H,64,86)(H,65,74)(H,66,75)(H,67,88)(H,68,76)(H,69,89)(H,70,87)(H,71,85)(H,77,78)(H,79,80)(H,81,82)(H,92,93)/b16-14-. The van der Waals surface area contributed by atoms with Gasteiger partial charge in [-0.05, 0) is 77.6 Å². The zero-order chi connectivity index (χ0) is 69.8. The Morgan fingerprint density at radius 1 is 0.591 bits per heavy atom. The van der Waals surface area contributed by atoms with Gasteiger partial charge in [-0.1, -0.05) is 78.4 Å². The lowest BCUT2D eigenvalue weighted by molar-refractivity contribution is -0.150. The highest BCUT2D eigenvalue weighted by atomic mass is 16.4.